The number of aromatic nitrogens is 1. The van der Waals surface area contributed by atoms with Gasteiger partial charge in [0.1, 0.15) is 11.9 Å². The van der Waals surface area contributed by atoms with Gasteiger partial charge in [0, 0.05) is 32.1 Å². The van der Waals surface area contributed by atoms with E-state index in [4.69, 9.17) is 4.42 Å². The Morgan fingerprint density at radius 2 is 1.62 bits per heavy atom. The molecule has 2 fully saturated rings. The third-order valence-electron chi connectivity index (χ3n) is 5.83. The Labute approximate surface area is 169 Å². The summed E-state index contributed by atoms with van der Waals surface area (Å²) in [5.74, 6) is 1.64. The maximum Gasteiger partial charge on any atom is 0.234 e. The summed E-state index contributed by atoms with van der Waals surface area (Å²) in [5, 5.41) is 9.55. The molecule has 0 amide bonds. The SMILES string of the molecule is N#Cc1nc([C@H]2C[C@H]2c2ccccc2)oc1N1CCN(c2ccccc2F)CC1. The normalized spacial score (nSPS) is 21.1. The lowest BCUT2D eigenvalue weighted by Gasteiger charge is -2.36. The standard InChI is InChI=1S/C23H21FN4O/c24-19-8-4-5-9-21(19)27-10-12-28(13-11-27)23-20(15-25)26-22(29-23)18-14-17(18)16-6-2-1-3-7-16/h1-9,17-18H,10-14H2/t17-,18-/m0/s1. The molecule has 2 aliphatic rings. The summed E-state index contributed by atoms with van der Waals surface area (Å²) in [6, 6.07) is 19.4. The fourth-order valence-electron chi connectivity index (χ4n) is 4.17. The molecule has 5 nitrogen and oxygen atoms in total. The van der Waals surface area contributed by atoms with Crippen LogP contribution in [0.4, 0.5) is 16.0 Å². The summed E-state index contributed by atoms with van der Waals surface area (Å²) in [7, 11) is 0. The third-order valence-corrected chi connectivity index (χ3v) is 5.83. The van der Waals surface area contributed by atoms with E-state index in [1.807, 2.05) is 34.1 Å². The van der Waals surface area contributed by atoms with Crippen molar-refractivity contribution in [3.8, 4) is 6.07 Å². The number of rotatable bonds is 4. The van der Waals surface area contributed by atoms with Gasteiger partial charge in [-0.15, -0.1) is 0 Å². The molecule has 1 saturated heterocycles. The van der Waals surface area contributed by atoms with Crippen molar-refractivity contribution in [1.82, 2.24) is 4.98 Å². The molecule has 2 heterocycles. The number of hydrogen-bond donors (Lipinski definition) is 0. The first-order chi connectivity index (χ1) is 14.2. The Kier molecular flexibility index (Phi) is 4.44. The Hall–Kier alpha value is -3.33. The maximum atomic E-state index is 14.1. The van der Waals surface area contributed by atoms with Crippen LogP contribution in [0.1, 0.15) is 35.4 Å². The fourth-order valence-corrected chi connectivity index (χ4v) is 4.17. The van der Waals surface area contributed by atoms with E-state index >= 15 is 0 Å². The number of nitriles is 1. The van der Waals surface area contributed by atoms with Crippen LogP contribution in [0.15, 0.2) is 59.0 Å². The molecule has 2 atom stereocenters. The van der Waals surface area contributed by atoms with Crippen LogP contribution in [0, 0.1) is 17.1 Å². The lowest BCUT2D eigenvalue weighted by Crippen LogP contribution is -2.47. The van der Waals surface area contributed by atoms with Crippen LogP contribution >= 0.6 is 0 Å². The van der Waals surface area contributed by atoms with Gasteiger partial charge in [-0.25, -0.2) is 9.37 Å². The third kappa shape index (κ3) is 3.33. The van der Waals surface area contributed by atoms with Crippen LogP contribution < -0.4 is 9.80 Å². The van der Waals surface area contributed by atoms with Crippen LogP contribution in [-0.2, 0) is 0 Å². The lowest BCUT2D eigenvalue weighted by molar-refractivity contribution is 0.475. The van der Waals surface area contributed by atoms with Crippen molar-refractivity contribution in [3.63, 3.8) is 0 Å². The van der Waals surface area contributed by atoms with Crippen LogP contribution in [0.25, 0.3) is 0 Å². The van der Waals surface area contributed by atoms with Gasteiger partial charge < -0.3 is 14.2 Å². The Morgan fingerprint density at radius 3 is 2.34 bits per heavy atom. The molecule has 1 aliphatic heterocycles. The van der Waals surface area contributed by atoms with Gasteiger partial charge >= 0.3 is 0 Å². The highest BCUT2D eigenvalue weighted by atomic mass is 19.1. The molecule has 146 valence electrons. The zero-order valence-corrected chi connectivity index (χ0v) is 16.0. The molecule has 0 radical (unpaired) electrons. The number of halogens is 1. The molecule has 29 heavy (non-hydrogen) atoms. The van der Waals surface area contributed by atoms with Crippen molar-refractivity contribution in [2.75, 3.05) is 36.0 Å². The molecule has 0 spiro atoms. The van der Waals surface area contributed by atoms with E-state index in [1.165, 1.54) is 11.6 Å². The lowest BCUT2D eigenvalue weighted by atomic mass is 10.1. The van der Waals surface area contributed by atoms with Gasteiger partial charge in [-0.05, 0) is 30.0 Å². The largest absolute Gasteiger partial charge is 0.423 e. The van der Waals surface area contributed by atoms with E-state index < -0.39 is 0 Å². The second-order valence-electron chi connectivity index (χ2n) is 7.60. The number of nitrogens with zero attached hydrogens (tertiary/aromatic N) is 4. The summed E-state index contributed by atoms with van der Waals surface area (Å²) in [4.78, 5) is 8.57. The second kappa shape index (κ2) is 7.25. The van der Waals surface area contributed by atoms with Gasteiger partial charge in [0.15, 0.2) is 0 Å². The monoisotopic (exact) mass is 388 g/mol. The number of oxazole rings is 1. The molecule has 0 N–H and O–H groups in total. The van der Waals surface area contributed by atoms with Gasteiger partial charge in [-0.2, -0.15) is 5.26 Å². The minimum absolute atomic E-state index is 0.207. The van der Waals surface area contributed by atoms with Crippen LogP contribution in [0.5, 0.6) is 0 Å². The highest BCUT2D eigenvalue weighted by Gasteiger charge is 2.44. The molecular formula is C23H21FN4O. The Balaban J connectivity index is 1.30. The fraction of sp³-hybridized carbons (Fsp3) is 0.304. The summed E-state index contributed by atoms with van der Waals surface area (Å²) < 4.78 is 20.1. The number of anilines is 2. The molecule has 0 bridgehead atoms. The molecule has 1 saturated carbocycles. The zero-order chi connectivity index (χ0) is 19.8. The quantitative estimate of drug-likeness (QED) is 0.668. The van der Waals surface area contributed by atoms with Gasteiger partial charge in [0.25, 0.3) is 0 Å². The molecule has 1 aromatic heterocycles. The smallest absolute Gasteiger partial charge is 0.234 e. The average molecular weight is 388 g/mol. The second-order valence-corrected chi connectivity index (χ2v) is 7.60. The summed E-state index contributed by atoms with van der Waals surface area (Å²) >= 11 is 0. The first-order valence-electron chi connectivity index (χ1n) is 9.95. The van der Waals surface area contributed by atoms with Crippen molar-refractivity contribution in [1.29, 1.82) is 5.26 Å². The van der Waals surface area contributed by atoms with Crippen molar-refractivity contribution >= 4 is 11.6 Å². The predicted octanol–water partition coefficient (Wildman–Crippen LogP) is 4.28. The Bertz CT molecular complexity index is 1050. The molecule has 5 rings (SSSR count). The number of benzene rings is 2. The molecule has 6 heteroatoms. The predicted molar refractivity (Wildman–Crippen MR) is 109 cm³/mol. The van der Waals surface area contributed by atoms with Gasteiger partial charge in [-0.3, -0.25) is 0 Å². The topological polar surface area (TPSA) is 56.3 Å². The van der Waals surface area contributed by atoms with E-state index in [0.717, 1.165) is 6.42 Å². The summed E-state index contributed by atoms with van der Waals surface area (Å²) in [5.41, 5.74) is 2.25. The van der Waals surface area contributed by atoms with E-state index in [9.17, 15) is 9.65 Å². The van der Waals surface area contributed by atoms with Gasteiger partial charge in [0.2, 0.25) is 17.5 Å². The van der Waals surface area contributed by atoms with Crippen LogP contribution in [0.3, 0.4) is 0 Å². The maximum absolute atomic E-state index is 14.1. The minimum atomic E-state index is -0.207. The number of para-hydroxylation sites is 1. The summed E-state index contributed by atoms with van der Waals surface area (Å²) in [6.45, 7) is 2.64. The summed E-state index contributed by atoms with van der Waals surface area (Å²) in [6.07, 6.45) is 0.996. The van der Waals surface area contributed by atoms with Crippen molar-refractivity contribution in [2.24, 2.45) is 0 Å². The first-order valence-corrected chi connectivity index (χ1v) is 9.95. The van der Waals surface area contributed by atoms with Crippen molar-refractivity contribution in [3.05, 3.63) is 77.6 Å². The van der Waals surface area contributed by atoms with Gasteiger partial charge in [-0.1, -0.05) is 42.5 Å². The number of piperazine rings is 1. The van der Waals surface area contributed by atoms with E-state index in [2.05, 4.69) is 23.2 Å². The van der Waals surface area contributed by atoms with Crippen molar-refractivity contribution < 1.29 is 8.81 Å². The van der Waals surface area contributed by atoms with E-state index in [0.29, 0.717) is 55.3 Å². The molecule has 3 aromatic rings. The first kappa shape index (κ1) is 17.7. The number of hydrogen-bond acceptors (Lipinski definition) is 5. The molecule has 2 aromatic carbocycles. The minimum Gasteiger partial charge on any atom is -0.423 e. The van der Waals surface area contributed by atoms with Crippen LogP contribution in [0.2, 0.25) is 0 Å². The van der Waals surface area contributed by atoms with E-state index in [1.54, 1.807) is 12.1 Å². The average Bonchev–Trinajstić information content (AvgIpc) is 3.46. The van der Waals surface area contributed by atoms with E-state index in [-0.39, 0.29) is 11.7 Å². The molecule has 0 unspecified atom stereocenters. The molecular weight excluding hydrogens is 367 g/mol. The highest BCUT2D eigenvalue weighted by molar-refractivity contribution is 5.53. The van der Waals surface area contributed by atoms with Crippen LogP contribution in [-0.4, -0.2) is 31.2 Å². The van der Waals surface area contributed by atoms with Crippen molar-refractivity contribution in [2.45, 2.75) is 18.3 Å². The van der Waals surface area contributed by atoms with Gasteiger partial charge in [0.05, 0.1) is 5.69 Å². The molecule has 1 aliphatic carbocycles. The Morgan fingerprint density at radius 1 is 0.931 bits per heavy atom. The zero-order valence-electron chi connectivity index (χ0n) is 16.0. The highest BCUT2D eigenvalue weighted by Crippen LogP contribution is 2.54.